The maximum Gasteiger partial charge on any atom is 0.272 e. The van der Waals surface area contributed by atoms with Crippen molar-refractivity contribution in [1.82, 2.24) is 20.8 Å². The van der Waals surface area contributed by atoms with E-state index >= 15 is 0 Å². The highest BCUT2D eigenvalue weighted by atomic mass is 16.2. The summed E-state index contributed by atoms with van der Waals surface area (Å²) in [6, 6.07) is 7.58. The molecule has 1 fully saturated rings. The molecular weight excluding hydrogens is 304 g/mol. The quantitative estimate of drug-likeness (QED) is 0.578. The van der Waals surface area contributed by atoms with Gasteiger partial charge < -0.3 is 10.6 Å². The van der Waals surface area contributed by atoms with Gasteiger partial charge in [-0.25, -0.2) is 5.10 Å². The molecule has 1 aromatic carbocycles. The third-order valence-electron chi connectivity index (χ3n) is 4.61. The number of H-pyrrole nitrogens is 1. The van der Waals surface area contributed by atoms with E-state index < -0.39 is 0 Å². The summed E-state index contributed by atoms with van der Waals surface area (Å²) >= 11 is 0. The number of aromatic amines is 1. The standard InChI is InChI=1S/C18H24N4O2/c23-17-15-10-6-5-9-14(15)16(21-22-17)18(24)20-12-11-19-13-7-3-1-2-4-8-13/h5-6,9-10,13,19H,1-4,7-8,11-12H2,(H,20,24)(H,22,23). The second kappa shape index (κ2) is 8.06. The van der Waals surface area contributed by atoms with Gasteiger partial charge in [-0.3, -0.25) is 9.59 Å². The third kappa shape index (κ3) is 4.00. The van der Waals surface area contributed by atoms with Crippen molar-refractivity contribution >= 4 is 16.7 Å². The lowest BCUT2D eigenvalue weighted by molar-refractivity contribution is 0.0949. The van der Waals surface area contributed by atoms with Gasteiger partial charge in [0, 0.05) is 24.5 Å². The van der Waals surface area contributed by atoms with Crippen LogP contribution in [0.5, 0.6) is 0 Å². The van der Waals surface area contributed by atoms with E-state index in [1.165, 1.54) is 38.5 Å². The first kappa shape index (κ1) is 16.6. The molecule has 1 aliphatic carbocycles. The van der Waals surface area contributed by atoms with Crippen LogP contribution in [0, 0.1) is 0 Å². The van der Waals surface area contributed by atoms with Crippen LogP contribution >= 0.6 is 0 Å². The van der Waals surface area contributed by atoms with Gasteiger partial charge in [-0.15, -0.1) is 0 Å². The molecule has 1 saturated carbocycles. The minimum atomic E-state index is -0.280. The zero-order valence-corrected chi connectivity index (χ0v) is 13.8. The number of benzene rings is 1. The SMILES string of the molecule is O=C(NCCNC1CCCCCC1)c1n[nH]c(=O)c2ccccc12. The fourth-order valence-electron chi connectivity index (χ4n) is 3.31. The van der Waals surface area contributed by atoms with E-state index in [1.54, 1.807) is 24.3 Å². The van der Waals surface area contributed by atoms with Gasteiger partial charge in [0.1, 0.15) is 0 Å². The Bertz CT molecular complexity index is 748. The first-order chi connectivity index (χ1) is 11.8. The van der Waals surface area contributed by atoms with Crippen molar-refractivity contribution in [3.63, 3.8) is 0 Å². The van der Waals surface area contributed by atoms with E-state index in [-0.39, 0.29) is 17.2 Å². The molecule has 1 aliphatic rings. The minimum Gasteiger partial charge on any atom is -0.349 e. The largest absolute Gasteiger partial charge is 0.349 e. The minimum absolute atomic E-state index is 0.259. The predicted molar refractivity (Wildman–Crippen MR) is 94.2 cm³/mol. The van der Waals surface area contributed by atoms with Crippen molar-refractivity contribution in [1.29, 1.82) is 0 Å². The second-order valence-electron chi connectivity index (χ2n) is 6.35. The summed E-state index contributed by atoms with van der Waals surface area (Å²) in [6.07, 6.45) is 7.69. The molecule has 24 heavy (non-hydrogen) atoms. The molecule has 1 heterocycles. The normalized spacial score (nSPS) is 16.0. The highest BCUT2D eigenvalue weighted by molar-refractivity contribution is 6.04. The molecule has 0 radical (unpaired) electrons. The molecule has 6 nitrogen and oxygen atoms in total. The number of aromatic nitrogens is 2. The maximum absolute atomic E-state index is 12.4. The molecule has 3 N–H and O–H groups in total. The molecule has 2 aromatic rings. The maximum atomic E-state index is 12.4. The van der Waals surface area contributed by atoms with Crippen molar-refractivity contribution in [3.8, 4) is 0 Å². The van der Waals surface area contributed by atoms with E-state index in [1.807, 2.05) is 0 Å². The number of hydrogen-bond donors (Lipinski definition) is 3. The second-order valence-corrected chi connectivity index (χ2v) is 6.35. The Morgan fingerprint density at radius 1 is 1.08 bits per heavy atom. The van der Waals surface area contributed by atoms with Gasteiger partial charge in [0.15, 0.2) is 5.69 Å². The van der Waals surface area contributed by atoms with Crippen LogP contribution in [0.4, 0.5) is 0 Å². The van der Waals surface area contributed by atoms with Gasteiger partial charge in [0.05, 0.1) is 5.39 Å². The third-order valence-corrected chi connectivity index (χ3v) is 4.61. The van der Waals surface area contributed by atoms with Crippen LogP contribution in [0.2, 0.25) is 0 Å². The topological polar surface area (TPSA) is 86.9 Å². The van der Waals surface area contributed by atoms with E-state index in [2.05, 4.69) is 20.8 Å². The zero-order valence-electron chi connectivity index (χ0n) is 13.8. The number of hydrogen-bond acceptors (Lipinski definition) is 4. The Labute approximate surface area is 141 Å². The van der Waals surface area contributed by atoms with Gasteiger partial charge in [-0.05, 0) is 18.9 Å². The van der Waals surface area contributed by atoms with Crippen LogP contribution in [0.1, 0.15) is 49.0 Å². The van der Waals surface area contributed by atoms with Crippen LogP contribution < -0.4 is 16.2 Å². The Hall–Kier alpha value is -2.21. The number of nitrogens with zero attached hydrogens (tertiary/aromatic N) is 1. The van der Waals surface area contributed by atoms with Gasteiger partial charge >= 0.3 is 0 Å². The lowest BCUT2D eigenvalue weighted by atomic mass is 10.1. The summed E-state index contributed by atoms with van der Waals surface area (Å²) in [5, 5.41) is 13.8. The summed E-state index contributed by atoms with van der Waals surface area (Å²) in [6.45, 7) is 1.29. The zero-order chi connectivity index (χ0) is 16.8. The smallest absolute Gasteiger partial charge is 0.272 e. The number of carbonyl (C=O) groups is 1. The summed E-state index contributed by atoms with van der Waals surface area (Å²) < 4.78 is 0. The molecule has 3 rings (SSSR count). The summed E-state index contributed by atoms with van der Waals surface area (Å²) in [5.74, 6) is -0.259. The molecule has 128 valence electrons. The Kier molecular flexibility index (Phi) is 5.59. The molecule has 0 aliphatic heterocycles. The van der Waals surface area contributed by atoms with Crippen LogP contribution in [0.3, 0.4) is 0 Å². The molecule has 1 aromatic heterocycles. The fourth-order valence-corrected chi connectivity index (χ4v) is 3.31. The van der Waals surface area contributed by atoms with E-state index in [9.17, 15) is 9.59 Å². The molecule has 6 heteroatoms. The molecule has 0 spiro atoms. The average Bonchev–Trinajstić information content (AvgIpc) is 2.88. The predicted octanol–water partition coefficient (Wildman–Crippen LogP) is 1.97. The number of rotatable bonds is 5. The highest BCUT2D eigenvalue weighted by Gasteiger charge is 2.14. The monoisotopic (exact) mass is 328 g/mol. The van der Waals surface area contributed by atoms with Crippen molar-refractivity contribution < 1.29 is 4.79 Å². The van der Waals surface area contributed by atoms with Crippen LogP contribution in [-0.4, -0.2) is 35.2 Å². The van der Waals surface area contributed by atoms with Crippen molar-refractivity contribution in [2.75, 3.05) is 13.1 Å². The molecule has 0 saturated heterocycles. The number of amides is 1. The van der Waals surface area contributed by atoms with Gasteiger partial charge in [0.25, 0.3) is 11.5 Å². The molecule has 0 atom stereocenters. The van der Waals surface area contributed by atoms with Crippen LogP contribution in [-0.2, 0) is 0 Å². The van der Waals surface area contributed by atoms with E-state index in [0.29, 0.717) is 23.4 Å². The van der Waals surface area contributed by atoms with Gasteiger partial charge in [-0.2, -0.15) is 5.10 Å². The Balaban J connectivity index is 1.56. The number of nitrogens with one attached hydrogen (secondary N) is 3. The average molecular weight is 328 g/mol. The Morgan fingerprint density at radius 2 is 1.79 bits per heavy atom. The number of carbonyl (C=O) groups excluding carboxylic acids is 1. The first-order valence-corrected chi connectivity index (χ1v) is 8.75. The molecule has 0 bridgehead atoms. The fraction of sp³-hybridized carbons (Fsp3) is 0.500. The van der Waals surface area contributed by atoms with Gasteiger partial charge in [0.2, 0.25) is 0 Å². The molecule has 1 amide bonds. The van der Waals surface area contributed by atoms with E-state index in [0.717, 1.165) is 6.54 Å². The van der Waals surface area contributed by atoms with E-state index in [4.69, 9.17) is 0 Å². The summed E-state index contributed by atoms with van der Waals surface area (Å²) in [5.41, 5.74) is -0.0168. The van der Waals surface area contributed by atoms with Crippen molar-refractivity contribution in [2.24, 2.45) is 0 Å². The van der Waals surface area contributed by atoms with Crippen molar-refractivity contribution in [3.05, 3.63) is 40.3 Å². The number of fused-ring (bicyclic) bond motifs is 1. The van der Waals surface area contributed by atoms with Gasteiger partial charge in [-0.1, -0.05) is 43.9 Å². The molecular formula is C18H24N4O2. The van der Waals surface area contributed by atoms with Crippen molar-refractivity contribution in [2.45, 2.75) is 44.6 Å². The first-order valence-electron chi connectivity index (χ1n) is 8.75. The lowest BCUT2D eigenvalue weighted by Crippen LogP contribution is -2.37. The Morgan fingerprint density at radius 3 is 2.54 bits per heavy atom. The molecule has 0 unspecified atom stereocenters. The van der Waals surface area contributed by atoms with Crippen LogP contribution in [0.15, 0.2) is 29.1 Å². The summed E-state index contributed by atoms with van der Waals surface area (Å²) in [7, 11) is 0. The summed E-state index contributed by atoms with van der Waals surface area (Å²) in [4.78, 5) is 24.1. The van der Waals surface area contributed by atoms with Crippen LogP contribution in [0.25, 0.3) is 10.8 Å². The lowest BCUT2D eigenvalue weighted by Gasteiger charge is -2.16. The highest BCUT2D eigenvalue weighted by Crippen LogP contribution is 2.17.